The molecule has 0 aliphatic rings. The van der Waals surface area contributed by atoms with Crippen molar-refractivity contribution >= 4 is 23.8 Å². The number of hydrogen-bond donors (Lipinski definition) is 2. The van der Waals surface area contributed by atoms with Crippen molar-refractivity contribution in [1.29, 1.82) is 0 Å². The molecule has 0 spiro atoms. The van der Waals surface area contributed by atoms with Gasteiger partial charge in [-0.2, -0.15) is 13.2 Å². The number of aromatic amines is 1. The number of anilines is 1. The molecule has 2 rings (SSSR count). The zero-order chi connectivity index (χ0) is 17.0. The van der Waals surface area contributed by atoms with E-state index in [1.807, 2.05) is 0 Å². The molecule has 0 radical (unpaired) electrons. The smallest absolute Gasteiger partial charge is 0.359 e. The zero-order valence-corrected chi connectivity index (χ0v) is 12.9. The van der Waals surface area contributed by atoms with Gasteiger partial charge in [-0.1, -0.05) is 6.07 Å². The van der Waals surface area contributed by atoms with Crippen LogP contribution in [0, 0.1) is 4.77 Å². The number of alkyl halides is 3. The Kier molecular flexibility index (Phi) is 5.22. The Labute approximate surface area is 135 Å². The van der Waals surface area contributed by atoms with Crippen molar-refractivity contribution in [2.75, 3.05) is 11.9 Å². The van der Waals surface area contributed by atoms with Crippen LogP contribution in [0.15, 0.2) is 36.7 Å². The number of imidazole rings is 1. The van der Waals surface area contributed by atoms with Crippen molar-refractivity contribution in [3.05, 3.63) is 41.4 Å². The molecule has 1 aromatic heterocycles. The van der Waals surface area contributed by atoms with E-state index in [0.717, 1.165) is 0 Å². The minimum absolute atomic E-state index is 0.429. The zero-order valence-electron chi connectivity index (χ0n) is 12.1. The maximum Gasteiger partial charge on any atom is 0.411 e. The highest BCUT2D eigenvalue weighted by molar-refractivity contribution is 7.71. The highest BCUT2D eigenvalue weighted by atomic mass is 32.1. The van der Waals surface area contributed by atoms with Gasteiger partial charge in [-0.3, -0.25) is 9.36 Å². The van der Waals surface area contributed by atoms with Crippen molar-refractivity contribution in [2.45, 2.75) is 19.2 Å². The molecule has 9 heteroatoms. The van der Waals surface area contributed by atoms with Gasteiger partial charge in [-0.25, -0.2) is 0 Å². The number of benzene rings is 1. The molecule has 0 saturated heterocycles. The third-order valence-electron chi connectivity index (χ3n) is 2.91. The average molecular weight is 345 g/mol. The summed E-state index contributed by atoms with van der Waals surface area (Å²) < 4.78 is 42.9. The van der Waals surface area contributed by atoms with Crippen LogP contribution < -0.4 is 5.32 Å². The fraction of sp³-hybridized carbons (Fsp3) is 0.286. The molecule has 1 atom stereocenters. The largest absolute Gasteiger partial charge is 0.411 e. The van der Waals surface area contributed by atoms with E-state index in [1.54, 1.807) is 41.2 Å². The molecule has 1 amide bonds. The van der Waals surface area contributed by atoms with Crippen molar-refractivity contribution in [2.24, 2.45) is 0 Å². The number of carbonyl (C=O) groups excluding carboxylic acids is 1. The molecule has 0 unspecified atom stereocenters. The van der Waals surface area contributed by atoms with E-state index in [4.69, 9.17) is 12.2 Å². The van der Waals surface area contributed by atoms with Crippen molar-refractivity contribution < 1.29 is 22.7 Å². The van der Waals surface area contributed by atoms with Crippen LogP contribution in [0.1, 0.15) is 6.92 Å². The number of nitrogens with zero attached hydrogens (tertiary/aromatic N) is 1. The van der Waals surface area contributed by atoms with Gasteiger partial charge < -0.3 is 15.0 Å². The topological polar surface area (TPSA) is 59.0 Å². The molecule has 1 aromatic carbocycles. The van der Waals surface area contributed by atoms with Gasteiger partial charge in [0.25, 0.3) is 5.91 Å². The van der Waals surface area contributed by atoms with Crippen molar-refractivity contribution in [1.82, 2.24) is 9.55 Å². The number of amides is 1. The number of H-pyrrole nitrogens is 1. The Morgan fingerprint density at radius 1 is 1.48 bits per heavy atom. The first-order valence-corrected chi connectivity index (χ1v) is 7.03. The van der Waals surface area contributed by atoms with E-state index in [-0.39, 0.29) is 0 Å². The highest BCUT2D eigenvalue weighted by Crippen LogP contribution is 2.17. The Morgan fingerprint density at radius 2 is 2.22 bits per heavy atom. The molecular weight excluding hydrogens is 331 g/mol. The molecule has 124 valence electrons. The third kappa shape index (κ3) is 4.93. The maximum atomic E-state index is 12.1. The summed E-state index contributed by atoms with van der Waals surface area (Å²) in [5, 5.41) is 2.51. The molecule has 2 aromatic rings. The Hall–Kier alpha value is -2.13. The fourth-order valence-corrected chi connectivity index (χ4v) is 2.03. The molecule has 0 aliphatic heterocycles. The van der Waals surface area contributed by atoms with Gasteiger partial charge in [-0.05, 0) is 37.3 Å². The average Bonchev–Trinajstić information content (AvgIpc) is 2.90. The molecule has 0 bridgehead atoms. The van der Waals surface area contributed by atoms with Crippen LogP contribution in [0.25, 0.3) is 5.69 Å². The van der Waals surface area contributed by atoms with Crippen LogP contribution in [-0.4, -0.2) is 34.3 Å². The van der Waals surface area contributed by atoms with Crippen LogP contribution in [-0.2, 0) is 9.53 Å². The third-order valence-corrected chi connectivity index (χ3v) is 3.22. The number of nitrogens with one attached hydrogen (secondary N) is 2. The normalized spacial score (nSPS) is 12.9. The number of hydrogen-bond acceptors (Lipinski definition) is 3. The lowest BCUT2D eigenvalue weighted by molar-refractivity contribution is -0.184. The van der Waals surface area contributed by atoms with Crippen molar-refractivity contribution in [3.8, 4) is 5.69 Å². The quantitative estimate of drug-likeness (QED) is 0.816. The van der Waals surface area contributed by atoms with E-state index < -0.39 is 24.8 Å². The first kappa shape index (κ1) is 17.2. The summed E-state index contributed by atoms with van der Waals surface area (Å²) in [5.74, 6) is -0.663. The standard InChI is InChI=1S/C14H14F3N3O2S/c1-9(22-8-14(15,16)17)12(21)19-10-3-2-4-11(7-10)20-6-5-18-13(20)23/h2-7,9H,8H2,1H3,(H,18,23)(H,19,21)/t9-/m0/s1. The molecule has 0 aliphatic carbocycles. The summed E-state index contributed by atoms with van der Waals surface area (Å²) in [5.41, 5.74) is 1.14. The van der Waals surface area contributed by atoms with Crippen LogP contribution in [0.5, 0.6) is 0 Å². The van der Waals surface area contributed by atoms with Gasteiger partial charge in [0.2, 0.25) is 0 Å². The minimum Gasteiger partial charge on any atom is -0.359 e. The van der Waals surface area contributed by atoms with Crippen LogP contribution in [0.3, 0.4) is 0 Å². The Bertz CT molecular complexity index is 739. The lowest BCUT2D eigenvalue weighted by Gasteiger charge is -2.15. The number of aromatic nitrogens is 2. The van der Waals surface area contributed by atoms with Gasteiger partial charge in [-0.15, -0.1) is 0 Å². The monoisotopic (exact) mass is 345 g/mol. The lowest BCUT2D eigenvalue weighted by atomic mass is 10.2. The predicted octanol–water partition coefficient (Wildman–Crippen LogP) is 3.44. The summed E-state index contributed by atoms with van der Waals surface area (Å²) in [6.45, 7) is -0.215. The second kappa shape index (κ2) is 6.97. The van der Waals surface area contributed by atoms with Crippen LogP contribution in [0.2, 0.25) is 0 Å². The molecule has 0 saturated carbocycles. The van der Waals surface area contributed by atoms with Gasteiger partial charge in [0.1, 0.15) is 12.7 Å². The first-order valence-electron chi connectivity index (χ1n) is 6.62. The van der Waals surface area contributed by atoms with E-state index in [9.17, 15) is 18.0 Å². The maximum absolute atomic E-state index is 12.1. The summed E-state index contributed by atoms with van der Waals surface area (Å²) in [6, 6.07) is 6.75. The Balaban J connectivity index is 2.04. The van der Waals surface area contributed by atoms with E-state index >= 15 is 0 Å². The second-order valence-electron chi connectivity index (χ2n) is 4.74. The Morgan fingerprint density at radius 3 is 2.83 bits per heavy atom. The van der Waals surface area contributed by atoms with Crippen LogP contribution >= 0.6 is 12.2 Å². The highest BCUT2D eigenvalue weighted by Gasteiger charge is 2.29. The fourth-order valence-electron chi connectivity index (χ4n) is 1.80. The van der Waals surface area contributed by atoms with E-state index in [2.05, 4.69) is 15.0 Å². The summed E-state index contributed by atoms with van der Waals surface area (Å²) >= 11 is 5.10. The molecule has 23 heavy (non-hydrogen) atoms. The van der Waals surface area contributed by atoms with E-state index in [0.29, 0.717) is 16.1 Å². The van der Waals surface area contributed by atoms with Gasteiger partial charge >= 0.3 is 6.18 Å². The van der Waals surface area contributed by atoms with Gasteiger partial charge in [0.15, 0.2) is 4.77 Å². The molecular formula is C14H14F3N3O2S. The predicted molar refractivity (Wildman–Crippen MR) is 81.1 cm³/mol. The SMILES string of the molecule is C[C@H](OCC(F)(F)F)C(=O)Nc1cccc(-n2cc[nH]c2=S)c1. The van der Waals surface area contributed by atoms with Crippen molar-refractivity contribution in [3.63, 3.8) is 0 Å². The van der Waals surface area contributed by atoms with Gasteiger partial charge in [0.05, 0.1) is 0 Å². The summed E-state index contributed by atoms with van der Waals surface area (Å²) in [4.78, 5) is 14.7. The summed E-state index contributed by atoms with van der Waals surface area (Å²) in [6.07, 6.45) is -2.31. The lowest BCUT2D eigenvalue weighted by Crippen LogP contribution is -2.31. The molecule has 2 N–H and O–H groups in total. The van der Waals surface area contributed by atoms with Gasteiger partial charge in [0, 0.05) is 23.8 Å². The summed E-state index contributed by atoms with van der Waals surface area (Å²) in [7, 11) is 0. The number of rotatable bonds is 5. The number of ether oxygens (including phenoxy) is 1. The number of carbonyl (C=O) groups is 1. The molecule has 5 nitrogen and oxygen atoms in total. The first-order chi connectivity index (χ1) is 10.8. The second-order valence-corrected chi connectivity index (χ2v) is 5.13. The number of halogens is 3. The minimum atomic E-state index is -4.47. The van der Waals surface area contributed by atoms with Crippen LogP contribution in [0.4, 0.5) is 18.9 Å². The van der Waals surface area contributed by atoms with E-state index in [1.165, 1.54) is 6.92 Å². The molecule has 0 fully saturated rings. The molecule has 1 heterocycles.